The highest BCUT2D eigenvalue weighted by molar-refractivity contribution is 7.32. The molecule has 0 saturated heterocycles. The number of unbranched alkanes of at least 4 members (excludes halogenated alkanes) is 3. The van der Waals surface area contributed by atoms with Crippen molar-refractivity contribution in [2.75, 3.05) is 13.2 Å². The molecule has 0 aromatic heterocycles. The molecule has 1 unspecified atom stereocenters. The third-order valence-electron chi connectivity index (χ3n) is 1.32. The smallest absolute Gasteiger partial charge is 0.316 e. The summed E-state index contributed by atoms with van der Waals surface area (Å²) in [4.78, 5) is 8.26. The minimum Gasteiger partial charge on any atom is -0.330 e. The summed E-state index contributed by atoms with van der Waals surface area (Å²) >= 11 is 0. The second-order valence-electron chi connectivity index (χ2n) is 2.32. The molecule has 0 aromatic rings. The van der Waals surface area contributed by atoms with Crippen LogP contribution in [0.2, 0.25) is 0 Å². The second kappa shape index (κ2) is 8.21. The van der Waals surface area contributed by atoms with Gasteiger partial charge in [-0.15, -0.1) is 0 Å². The average molecular weight is 181 g/mol. The van der Waals surface area contributed by atoms with Gasteiger partial charge in [0.05, 0.1) is 6.61 Å². The van der Waals surface area contributed by atoms with Gasteiger partial charge in [0.15, 0.2) is 0 Å². The zero-order chi connectivity index (χ0) is 8.53. The second-order valence-corrected chi connectivity index (χ2v) is 3.14. The van der Waals surface area contributed by atoms with Gasteiger partial charge in [0.2, 0.25) is 0 Å². The van der Waals surface area contributed by atoms with Crippen molar-refractivity contribution in [3.05, 3.63) is 0 Å². The Morgan fingerprint density at radius 3 is 2.45 bits per heavy atom. The number of nitrogens with two attached hydrogens (primary N) is 1. The Bertz CT molecular complexity index is 110. The van der Waals surface area contributed by atoms with E-state index < -0.39 is 8.25 Å². The van der Waals surface area contributed by atoms with Crippen LogP contribution in [0, 0.1) is 0 Å². The van der Waals surface area contributed by atoms with E-state index in [4.69, 9.17) is 10.6 Å². The molecule has 0 aliphatic rings. The van der Waals surface area contributed by atoms with E-state index in [2.05, 4.69) is 4.52 Å². The van der Waals surface area contributed by atoms with Gasteiger partial charge in [0.1, 0.15) is 0 Å². The SMILES string of the molecule is NCCCCCCO[PH](=O)O. The van der Waals surface area contributed by atoms with Crippen LogP contribution in [0.1, 0.15) is 25.7 Å². The van der Waals surface area contributed by atoms with E-state index in [1.54, 1.807) is 0 Å². The Hall–Kier alpha value is 0.110. The standard InChI is InChI=1S/C6H16NO3P/c7-5-3-1-2-4-6-10-11(8)9/h11H,1-7H2,(H,8,9). The van der Waals surface area contributed by atoms with Gasteiger partial charge in [0.25, 0.3) is 0 Å². The molecule has 0 aliphatic heterocycles. The lowest BCUT2D eigenvalue weighted by Crippen LogP contribution is -1.98. The first kappa shape index (κ1) is 11.1. The molecule has 11 heavy (non-hydrogen) atoms. The third kappa shape index (κ3) is 10.1. The largest absolute Gasteiger partial charge is 0.330 e. The summed E-state index contributed by atoms with van der Waals surface area (Å²) in [7, 11) is -2.70. The molecule has 0 heterocycles. The summed E-state index contributed by atoms with van der Waals surface area (Å²) in [6, 6.07) is 0. The van der Waals surface area contributed by atoms with E-state index in [1.807, 2.05) is 0 Å². The molecule has 0 aromatic carbocycles. The van der Waals surface area contributed by atoms with Crippen LogP contribution in [0.15, 0.2) is 0 Å². The van der Waals surface area contributed by atoms with Gasteiger partial charge >= 0.3 is 8.25 Å². The van der Waals surface area contributed by atoms with Crippen LogP contribution in [0.4, 0.5) is 0 Å². The molecule has 0 radical (unpaired) electrons. The molecule has 0 rings (SSSR count). The average Bonchev–Trinajstić information content (AvgIpc) is 1.96. The minimum absolute atomic E-state index is 0.388. The van der Waals surface area contributed by atoms with Crippen molar-refractivity contribution in [3.8, 4) is 0 Å². The molecular weight excluding hydrogens is 165 g/mol. The van der Waals surface area contributed by atoms with Gasteiger partial charge in [-0.05, 0) is 19.4 Å². The zero-order valence-electron chi connectivity index (χ0n) is 6.58. The van der Waals surface area contributed by atoms with Crippen LogP contribution in [0.25, 0.3) is 0 Å². The van der Waals surface area contributed by atoms with Crippen molar-refractivity contribution in [2.24, 2.45) is 5.73 Å². The molecule has 0 bridgehead atoms. The van der Waals surface area contributed by atoms with Crippen molar-refractivity contribution in [1.82, 2.24) is 0 Å². The molecular formula is C6H16NO3P. The monoisotopic (exact) mass is 181 g/mol. The van der Waals surface area contributed by atoms with Crippen LogP contribution < -0.4 is 5.73 Å². The predicted molar refractivity (Wildman–Crippen MR) is 44.7 cm³/mol. The van der Waals surface area contributed by atoms with Crippen molar-refractivity contribution in [3.63, 3.8) is 0 Å². The highest BCUT2D eigenvalue weighted by atomic mass is 31.1. The van der Waals surface area contributed by atoms with Gasteiger partial charge in [-0.25, -0.2) is 0 Å². The van der Waals surface area contributed by atoms with E-state index >= 15 is 0 Å². The summed E-state index contributed by atoms with van der Waals surface area (Å²) in [6.45, 7) is 1.11. The molecule has 3 N–H and O–H groups in total. The van der Waals surface area contributed by atoms with Crippen molar-refractivity contribution >= 4 is 8.25 Å². The first-order valence-electron chi connectivity index (χ1n) is 3.83. The highest BCUT2D eigenvalue weighted by Gasteiger charge is 1.92. The highest BCUT2D eigenvalue weighted by Crippen LogP contribution is 2.15. The molecule has 0 saturated carbocycles. The molecule has 4 nitrogen and oxygen atoms in total. The Morgan fingerprint density at radius 1 is 1.27 bits per heavy atom. The fraction of sp³-hybridized carbons (Fsp3) is 1.00. The van der Waals surface area contributed by atoms with Crippen molar-refractivity contribution in [2.45, 2.75) is 25.7 Å². The maximum absolute atomic E-state index is 10.0. The Kier molecular flexibility index (Phi) is 8.29. The zero-order valence-corrected chi connectivity index (χ0v) is 7.58. The van der Waals surface area contributed by atoms with E-state index in [-0.39, 0.29) is 0 Å². The van der Waals surface area contributed by atoms with Crippen molar-refractivity contribution < 1.29 is 14.0 Å². The first-order chi connectivity index (χ1) is 5.27. The van der Waals surface area contributed by atoms with E-state index in [0.29, 0.717) is 6.61 Å². The van der Waals surface area contributed by atoms with E-state index in [9.17, 15) is 4.57 Å². The quantitative estimate of drug-likeness (QED) is 0.452. The summed E-state index contributed by atoms with van der Waals surface area (Å²) < 4.78 is 14.5. The van der Waals surface area contributed by atoms with Crippen LogP contribution in [0.5, 0.6) is 0 Å². The first-order valence-corrected chi connectivity index (χ1v) is 5.09. The van der Waals surface area contributed by atoms with Gasteiger partial charge in [-0.1, -0.05) is 12.8 Å². The summed E-state index contributed by atoms with van der Waals surface area (Å²) in [6.07, 6.45) is 3.96. The van der Waals surface area contributed by atoms with E-state index in [0.717, 1.165) is 32.2 Å². The predicted octanol–water partition coefficient (Wildman–Crippen LogP) is 0.904. The maximum atomic E-state index is 10.0. The van der Waals surface area contributed by atoms with Gasteiger partial charge in [-0.2, -0.15) is 0 Å². The topological polar surface area (TPSA) is 72.5 Å². The molecule has 68 valence electrons. The fourth-order valence-electron chi connectivity index (χ4n) is 0.759. The maximum Gasteiger partial charge on any atom is 0.316 e. The molecule has 1 atom stereocenters. The lowest BCUT2D eigenvalue weighted by molar-refractivity contribution is 0.273. The minimum atomic E-state index is -2.70. The molecule has 5 heteroatoms. The van der Waals surface area contributed by atoms with Crippen LogP contribution >= 0.6 is 8.25 Å². The Morgan fingerprint density at radius 2 is 1.91 bits per heavy atom. The number of rotatable bonds is 7. The van der Waals surface area contributed by atoms with Gasteiger partial charge in [-0.3, -0.25) is 4.57 Å². The van der Waals surface area contributed by atoms with Gasteiger partial charge in [0, 0.05) is 0 Å². The number of hydrogen-bond donors (Lipinski definition) is 2. The van der Waals surface area contributed by atoms with Crippen LogP contribution in [-0.2, 0) is 9.09 Å². The molecule has 0 fully saturated rings. The molecule has 0 amide bonds. The lowest BCUT2D eigenvalue weighted by atomic mass is 10.2. The number of hydrogen-bond acceptors (Lipinski definition) is 3. The van der Waals surface area contributed by atoms with Crippen LogP contribution in [0.3, 0.4) is 0 Å². The Labute approximate surface area is 67.7 Å². The molecule has 0 spiro atoms. The third-order valence-corrected chi connectivity index (χ3v) is 1.78. The van der Waals surface area contributed by atoms with Crippen LogP contribution in [-0.4, -0.2) is 18.0 Å². The van der Waals surface area contributed by atoms with Crippen molar-refractivity contribution in [1.29, 1.82) is 0 Å². The molecule has 0 aliphatic carbocycles. The lowest BCUT2D eigenvalue weighted by Gasteiger charge is -1.99. The summed E-state index contributed by atoms with van der Waals surface area (Å²) in [5.74, 6) is 0. The summed E-state index contributed by atoms with van der Waals surface area (Å²) in [5.41, 5.74) is 5.28. The normalized spacial score (nSPS) is 13.3. The fourth-order valence-corrected chi connectivity index (χ4v) is 1.08. The summed E-state index contributed by atoms with van der Waals surface area (Å²) in [5, 5.41) is 0. The van der Waals surface area contributed by atoms with Gasteiger partial charge < -0.3 is 15.2 Å². The Balaban J connectivity index is 2.85. The van der Waals surface area contributed by atoms with E-state index in [1.165, 1.54) is 0 Å².